The summed E-state index contributed by atoms with van der Waals surface area (Å²) < 4.78 is 34.9. The number of hydrogen-bond donors (Lipinski definition) is 2. The molecule has 0 saturated carbocycles. The number of rotatable bonds is 4. The molecule has 5 nitrogen and oxygen atoms in total. The molecule has 0 bridgehead atoms. The first-order valence-corrected chi connectivity index (χ1v) is 11.1. The predicted molar refractivity (Wildman–Crippen MR) is 108 cm³/mol. The lowest BCUT2D eigenvalue weighted by Gasteiger charge is -2.33. The first kappa shape index (κ1) is 17.8. The molecule has 0 amide bonds. The van der Waals surface area contributed by atoms with Crippen LogP contribution in [-0.4, -0.2) is 34.7 Å². The molecule has 0 aromatic heterocycles. The summed E-state index contributed by atoms with van der Waals surface area (Å²) in [6.07, 6.45) is 0. The van der Waals surface area contributed by atoms with Gasteiger partial charge in [-0.1, -0.05) is 54.6 Å². The minimum Gasteiger partial charge on any atom is -0.370 e. The molecule has 1 aliphatic carbocycles. The van der Waals surface area contributed by atoms with Crippen LogP contribution < -0.4 is 9.62 Å². The van der Waals surface area contributed by atoms with E-state index < -0.39 is 10.0 Å². The number of benzene rings is 3. The zero-order valence-corrected chi connectivity index (χ0v) is 16.3. The Hall–Kier alpha value is -2.25. The smallest absolute Gasteiger partial charge is 0.241 e. The second-order valence-corrected chi connectivity index (χ2v) is 9.17. The van der Waals surface area contributed by atoms with Gasteiger partial charge in [0.05, 0.1) is 18.1 Å². The highest BCUT2D eigenvalue weighted by atomic mass is 32.2. The van der Waals surface area contributed by atoms with E-state index in [1.165, 1.54) is 15.8 Å². The molecule has 1 heterocycles. The van der Waals surface area contributed by atoms with E-state index in [1.807, 2.05) is 12.1 Å². The van der Waals surface area contributed by atoms with E-state index >= 15 is 0 Å². The fourth-order valence-electron chi connectivity index (χ4n) is 4.64. The minimum absolute atomic E-state index is 0.0449. The van der Waals surface area contributed by atoms with Gasteiger partial charge in [-0.05, 0) is 28.5 Å². The zero-order chi connectivity index (χ0) is 19.1. The topological polar surface area (TPSA) is 59.8 Å². The summed E-state index contributed by atoms with van der Waals surface area (Å²) >= 11 is 0. The summed E-state index contributed by atoms with van der Waals surface area (Å²) in [5, 5.41) is 2.35. The zero-order valence-electron chi connectivity index (χ0n) is 15.5. The van der Waals surface area contributed by atoms with Gasteiger partial charge in [-0.15, -0.1) is 0 Å². The van der Waals surface area contributed by atoms with Crippen molar-refractivity contribution in [2.75, 3.05) is 26.3 Å². The van der Waals surface area contributed by atoms with Gasteiger partial charge in [-0.25, -0.2) is 8.42 Å². The average molecular weight is 396 g/mol. The molecular weight excluding hydrogens is 372 g/mol. The third-order valence-electron chi connectivity index (χ3n) is 5.88. The van der Waals surface area contributed by atoms with Gasteiger partial charge in [-0.3, -0.25) is 0 Å². The largest absolute Gasteiger partial charge is 0.370 e. The molecule has 0 unspecified atom stereocenters. The van der Waals surface area contributed by atoms with E-state index in [0.29, 0.717) is 18.1 Å². The molecule has 6 heteroatoms. The Bertz CT molecular complexity index is 1100. The number of hydrogen-bond acceptors (Lipinski definition) is 3. The van der Waals surface area contributed by atoms with Crippen LogP contribution >= 0.6 is 0 Å². The van der Waals surface area contributed by atoms with E-state index in [4.69, 9.17) is 4.74 Å². The lowest BCUT2D eigenvalue weighted by molar-refractivity contribution is -0.940. The molecule has 1 aliphatic heterocycles. The fraction of sp³-hybridized carbons (Fsp3) is 0.273. The van der Waals surface area contributed by atoms with E-state index in [9.17, 15) is 8.42 Å². The SMILES string of the molecule is O=S(=O)(N[C@H]1c2cccc3cccc(c23)[C@H]1[NH+]1CCOCC1)c1ccccc1. The highest BCUT2D eigenvalue weighted by Crippen LogP contribution is 2.43. The van der Waals surface area contributed by atoms with Gasteiger partial charge in [0.1, 0.15) is 25.2 Å². The van der Waals surface area contributed by atoms with Crippen LogP contribution in [0.3, 0.4) is 0 Å². The first-order valence-electron chi connectivity index (χ1n) is 9.66. The Morgan fingerprint density at radius 3 is 2.25 bits per heavy atom. The quantitative estimate of drug-likeness (QED) is 0.709. The molecule has 2 aliphatic rings. The molecule has 1 saturated heterocycles. The highest BCUT2D eigenvalue weighted by molar-refractivity contribution is 7.89. The van der Waals surface area contributed by atoms with Crippen LogP contribution in [0.2, 0.25) is 0 Å². The van der Waals surface area contributed by atoms with Crippen molar-refractivity contribution in [3.8, 4) is 0 Å². The molecule has 2 atom stereocenters. The molecule has 0 spiro atoms. The minimum atomic E-state index is -3.62. The summed E-state index contributed by atoms with van der Waals surface area (Å²) in [5.41, 5.74) is 2.29. The third-order valence-corrected chi connectivity index (χ3v) is 7.34. The standard InChI is InChI=1S/C22H22N2O3S/c25-28(26,17-8-2-1-3-9-17)23-21-18-10-4-6-16-7-5-11-19(20(16)18)22(21)24-12-14-27-15-13-24/h1-11,21-23H,12-15H2/p+1/t21-,22+/m0/s1. The van der Waals surface area contributed by atoms with Crippen molar-refractivity contribution in [2.45, 2.75) is 17.0 Å². The summed E-state index contributed by atoms with van der Waals surface area (Å²) in [7, 11) is -3.62. The third kappa shape index (κ3) is 2.93. The summed E-state index contributed by atoms with van der Waals surface area (Å²) in [6, 6.07) is 20.9. The van der Waals surface area contributed by atoms with Crippen molar-refractivity contribution in [1.82, 2.24) is 4.72 Å². The summed E-state index contributed by atoms with van der Waals surface area (Å²) in [5.74, 6) is 0. The van der Waals surface area contributed by atoms with Crippen molar-refractivity contribution in [3.05, 3.63) is 77.9 Å². The maximum atomic E-state index is 13.1. The van der Waals surface area contributed by atoms with Crippen molar-refractivity contribution >= 4 is 20.8 Å². The first-order chi connectivity index (χ1) is 13.6. The van der Waals surface area contributed by atoms with Gasteiger partial charge in [0.25, 0.3) is 0 Å². The van der Waals surface area contributed by atoms with E-state index in [1.54, 1.807) is 24.3 Å². The van der Waals surface area contributed by atoms with E-state index in [0.717, 1.165) is 24.0 Å². The van der Waals surface area contributed by atoms with Crippen LogP contribution in [0.1, 0.15) is 23.2 Å². The lowest BCUT2D eigenvalue weighted by Crippen LogP contribution is -3.14. The summed E-state index contributed by atoms with van der Waals surface area (Å²) in [4.78, 5) is 1.67. The van der Waals surface area contributed by atoms with Crippen molar-refractivity contribution in [2.24, 2.45) is 0 Å². The molecule has 3 aromatic rings. The molecule has 1 fully saturated rings. The van der Waals surface area contributed by atoms with Gasteiger partial charge < -0.3 is 9.64 Å². The number of sulfonamides is 1. The molecule has 0 radical (unpaired) electrons. The van der Waals surface area contributed by atoms with E-state index in [2.05, 4.69) is 35.1 Å². The van der Waals surface area contributed by atoms with Gasteiger partial charge in [0, 0.05) is 5.56 Å². The molecule has 3 aromatic carbocycles. The van der Waals surface area contributed by atoms with Gasteiger partial charge >= 0.3 is 0 Å². The Morgan fingerprint density at radius 1 is 0.857 bits per heavy atom. The van der Waals surface area contributed by atoms with Gasteiger partial charge in [0.15, 0.2) is 0 Å². The van der Waals surface area contributed by atoms with Crippen LogP contribution in [0.5, 0.6) is 0 Å². The monoisotopic (exact) mass is 395 g/mol. The molecule has 28 heavy (non-hydrogen) atoms. The summed E-state index contributed by atoms with van der Waals surface area (Å²) in [6.45, 7) is 3.16. The van der Waals surface area contributed by atoms with Gasteiger partial charge in [0.2, 0.25) is 10.0 Å². The Kier molecular flexibility index (Phi) is 4.44. The van der Waals surface area contributed by atoms with Crippen molar-refractivity contribution in [1.29, 1.82) is 0 Å². The van der Waals surface area contributed by atoms with Crippen molar-refractivity contribution < 1.29 is 18.1 Å². The number of morpholine rings is 1. The number of nitrogens with one attached hydrogen (secondary N) is 2. The van der Waals surface area contributed by atoms with Crippen LogP contribution in [0, 0.1) is 0 Å². The maximum absolute atomic E-state index is 13.1. The molecule has 2 N–H and O–H groups in total. The van der Waals surface area contributed by atoms with Crippen LogP contribution in [-0.2, 0) is 14.8 Å². The molecular formula is C22H23N2O3S+. The second kappa shape index (κ2) is 6.97. The maximum Gasteiger partial charge on any atom is 0.241 e. The molecule has 144 valence electrons. The Labute approximate surface area is 165 Å². The van der Waals surface area contributed by atoms with E-state index in [-0.39, 0.29) is 12.1 Å². The van der Waals surface area contributed by atoms with Crippen molar-refractivity contribution in [3.63, 3.8) is 0 Å². The van der Waals surface area contributed by atoms with Crippen LogP contribution in [0.4, 0.5) is 0 Å². The highest BCUT2D eigenvalue weighted by Gasteiger charge is 2.43. The Morgan fingerprint density at radius 2 is 1.54 bits per heavy atom. The van der Waals surface area contributed by atoms with Gasteiger partial charge in [-0.2, -0.15) is 4.72 Å². The van der Waals surface area contributed by atoms with Crippen LogP contribution in [0.25, 0.3) is 10.8 Å². The normalized spacial score (nSPS) is 22.6. The Balaban J connectivity index is 1.61. The average Bonchev–Trinajstić information content (AvgIpc) is 3.04. The van der Waals surface area contributed by atoms with Crippen LogP contribution in [0.15, 0.2) is 71.6 Å². The predicted octanol–water partition coefficient (Wildman–Crippen LogP) is 1.83. The fourth-order valence-corrected chi connectivity index (χ4v) is 5.89. The number of ether oxygens (including phenoxy) is 1. The second-order valence-electron chi connectivity index (χ2n) is 7.45. The lowest BCUT2D eigenvalue weighted by atomic mass is 10.0. The number of quaternary nitrogens is 1. The molecule has 5 rings (SSSR count).